The molecule has 3 rings (SSSR count). The minimum atomic E-state index is -0.955. The lowest BCUT2D eigenvalue weighted by Crippen LogP contribution is -2.48. The lowest BCUT2D eigenvalue weighted by molar-refractivity contribution is -0.141. The molecule has 2 aliphatic heterocycles. The van der Waals surface area contributed by atoms with Crippen LogP contribution in [0.15, 0.2) is 18.2 Å². The number of nitrogens with zero attached hydrogens (tertiary/aromatic N) is 3. The molecule has 1 atom stereocenters. The number of hydrogen-bond donors (Lipinski definition) is 1. The first kappa shape index (κ1) is 18.5. The molecule has 2 fully saturated rings. The van der Waals surface area contributed by atoms with Gasteiger partial charge in [-0.2, -0.15) is 0 Å². The minimum absolute atomic E-state index is 0.0160. The molecule has 0 saturated carbocycles. The molecule has 2 heterocycles. The molecular formula is C18H22ClN3O4. The van der Waals surface area contributed by atoms with E-state index in [1.54, 1.807) is 12.1 Å². The van der Waals surface area contributed by atoms with Crippen molar-refractivity contribution < 1.29 is 19.5 Å². The highest BCUT2D eigenvalue weighted by molar-refractivity contribution is 6.33. The third-order valence-electron chi connectivity index (χ3n) is 4.99. The second kappa shape index (κ2) is 7.53. The lowest BCUT2D eigenvalue weighted by atomic mass is 10.1. The smallest absolute Gasteiger partial charge is 0.308 e. The van der Waals surface area contributed by atoms with Gasteiger partial charge < -0.3 is 19.8 Å². The number of carbonyl (C=O) groups is 3. The van der Waals surface area contributed by atoms with E-state index in [0.717, 1.165) is 5.69 Å². The summed E-state index contributed by atoms with van der Waals surface area (Å²) in [5, 5.41) is 9.62. The maximum absolute atomic E-state index is 12.1. The van der Waals surface area contributed by atoms with Gasteiger partial charge in [-0.3, -0.25) is 14.4 Å². The number of aliphatic carboxylic acids is 1. The average molecular weight is 380 g/mol. The zero-order valence-electron chi connectivity index (χ0n) is 14.7. The Morgan fingerprint density at radius 1 is 1.23 bits per heavy atom. The number of rotatable bonds is 4. The Labute approximate surface area is 157 Å². The normalized spacial score (nSPS) is 20.6. The van der Waals surface area contributed by atoms with Gasteiger partial charge in [0.05, 0.1) is 16.6 Å². The first-order chi connectivity index (χ1) is 12.4. The van der Waals surface area contributed by atoms with Crippen LogP contribution in [0.25, 0.3) is 0 Å². The molecule has 2 aliphatic rings. The van der Waals surface area contributed by atoms with Gasteiger partial charge in [0.15, 0.2) is 0 Å². The summed E-state index contributed by atoms with van der Waals surface area (Å²) in [6.45, 7) is 4.76. The summed E-state index contributed by atoms with van der Waals surface area (Å²) in [5.41, 5.74) is 1.48. The topological polar surface area (TPSA) is 81.2 Å². The Morgan fingerprint density at radius 2 is 1.92 bits per heavy atom. The van der Waals surface area contributed by atoms with Gasteiger partial charge in [-0.05, 0) is 18.2 Å². The molecule has 1 aromatic rings. The Hall–Kier alpha value is -2.28. The summed E-state index contributed by atoms with van der Waals surface area (Å²) >= 11 is 6.44. The highest BCUT2D eigenvalue weighted by Crippen LogP contribution is 2.33. The third kappa shape index (κ3) is 3.62. The fraction of sp³-hybridized carbons (Fsp3) is 0.500. The van der Waals surface area contributed by atoms with E-state index in [9.17, 15) is 14.4 Å². The number of piperazine rings is 1. The van der Waals surface area contributed by atoms with Crippen LogP contribution in [-0.4, -0.2) is 60.5 Å². The van der Waals surface area contributed by atoms with Crippen molar-refractivity contribution in [2.24, 2.45) is 5.92 Å². The van der Waals surface area contributed by atoms with Crippen LogP contribution >= 0.6 is 11.6 Å². The second-order valence-corrected chi connectivity index (χ2v) is 7.01. The van der Waals surface area contributed by atoms with E-state index >= 15 is 0 Å². The van der Waals surface area contributed by atoms with Gasteiger partial charge in [0.2, 0.25) is 11.8 Å². The molecular weight excluding hydrogens is 358 g/mol. The fourth-order valence-corrected chi connectivity index (χ4v) is 3.76. The van der Waals surface area contributed by atoms with Crippen molar-refractivity contribution in [1.82, 2.24) is 4.90 Å². The van der Waals surface area contributed by atoms with Gasteiger partial charge in [0, 0.05) is 51.3 Å². The molecule has 7 nitrogen and oxygen atoms in total. The van der Waals surface area contributed by atoms with Crippen LogP contribution in [0.3, 0.4) is 0 Å². The SMILES string of the molecule is CCC(=O)N1CCN(c2ccc(N3C[C@@H](C(=O)O)CC3=O)cc2Cl)CC1. The lowest BCUT2D eigenvalue weighted by Gasteiger charge is -2.36. The molecule has 0 aliphatic carbocycles. The van der Waals surface area contributed by atoms with Gasteiger partial charge in [-0.1, -0.05) is 18.5 Å². The van der Waals surface area contributed by atoms with Crippen molar-refractivity contribution in [3.63, 3.8) is 0 Å². The standard InChI is InChI=1S/C18H22ClN3O4/c1-2-16(23)21-7-5-20(6-8-21)15-4-3-13(10-14(15)19)22-11-12(18(25)26)9-17(22)24/h3-4,10,12H,2,5-9,11H2,1H3,(H,25,26)/t12-/m0/s1. The number of anilines is 2. The summed E-state index contributed by atoms with van der Waals surface area (Å²) in [6.07, 6.45) is 0.527. The highest BCUT2D eigenvalue weighted by Gasteiger charge is 2.35. The van der Waals surface area contributed by atoms with Gasteiger partial charge >= 0.3 is 5.97 Å². The first-order valence-corrected chi connectivity index (χ1v) is 9.14. The predicted molar refractivity (Wildman–Crippen MR) is 98.6 cm³/mol. The summed E-state index contributed by atoms with van der Waals surface area (Å²) < 4.78 is 0. The monoisotopic (exact) mass is 379 g/mol. The molecule has 1 N–H and O–H groups in total. The number of amides is 2. The number of carboxylic acids is 1. The molecule has 8 heteroatoms. The van der Waals surface area contributed by atoms with E-state index in [1.807, 2.05) is 17.9 Å². The van der Waals surface area contributed by atoms with Crippen LogP contribution in [0.2, 0.25) is 5.02 Å². The highest BCUT2D eigenvalue weighted by atomic mass is 35.5. The minimum Gasteiger partial charge on any atom is -0.481 e. The molecule has 0 radical (unpaired) electrons. The number of carboxylic acid groups (broad SMARTS) is 1. The Balaban J connectivity index is 1.70. The van der Waals surface area contributed by atoms with Crippen LogP contribution in [0.4, 0.5) is 11.4 Å². The zero-order valence-corrected chi connectivity index (χ0v) is 15.4. The van der Waals surface area contributed by atoms with Crippen molar-refractivity contribution in [1.29, 1.82) is 0 Å². The number of hydrogen-bond acceptors (Lipinski definition) is 4. The largest absolute Gasteiger partial charge is 0.481 e. The fourth-order valence-electron chi connectivity index (χ4n) is 3.46. The van der Waals surface area contributed by atoms with Gasteiger partial charge in [0.25, 0.3) is 0 Å². The quantitative estimate of drug-likeness (QED) is 0.863. The number of halogens is 1. The van der Waals surface area contributed by atoms with Crippen molar-refractivity contribution in [2.45, 2.75) is 19.8 Å². The van der Waals surface area contributed by atoms with Crippen molar-refractivity contribution in [3.05, 3.63) is 23.2 Å². The Kier molecular flexibility index (Phi) is 5.36. The maximum atomic E-state index is 12.1. The molecule has 0 spiro atoms. The average Bonchev–Trinajstić information content (AvgIpc) is 3.03. The molecule has 140 valence electrons. The third-order valence-corrected chi connectivity index (χ3v) is 5.30. The van der Waals surface area contributed by atoms with E-state index in [-0.39, 0.29) is 24.8 Å². The van der Waals surface area contributed by atoms with E-state index in [1.165, 1.54) is 4.90 Å². The molecule has 0 aromatic heterocycles. The zero-order chi connectivity index (χ0) is 18.8. The molecule has 26 heavy (non-hydrogen) atoms. The Morgan fingerprint density at radius 3 is 2.46 bits per heavy atom. The Bertz CT molecular complexity index is 731. The van der Waals surface area contributed by atoms with Crippen molar-refractivity contribution in [2.75, 3.05) is 42.5 Å². The van der Waals surface area contributed by atoms with Crippen LogP contribution in [0.5, 0.6) is 0 Å². The van der Waals surface area contributed by atoms with Gasteiger partial charge in [-0.25, -0.2) is 0 Å². The van der Waals surface area contributed by atoms with E-state index in [4.69, 9.17) is 16.7 Å². The van der Waals surface area contributed by atoms with Gasteiger partial charge in [-0.15, -0.1) is 0 Å². The van der Waals surface area contributed by atoms with Crippen LogP contribution in [0.1, 0.15) is 19.8 Å². The van der Waals surface area contributed by atoms with E-state index in [0.29, 0.717) is 43.3 Å². The summed E-state index contributed by atoms with van der Waals surface area (Å²) in [6, 6.07) is 5.37. The number of benzene rings is 1. The van der Waals surface area contributed by atoms with Crippen LogP contribution in [0, 0.1) is 5.92 Å². The van der Waals surface area contributed by atoms with Gasteiger partial charge in [0.1, 0.15) is 0 Å². The molecule has 0 bridgehead atoms. The predicted octanol–water partition coefficient (Wildman–Crippen LogP) is 1.84. The summed E-state index contributed by atoms with van der Waals surface area (Å²) in [4.78, 5) is 40.4. The van der Waals surface area contributed by atoms with Crippen LogP contribution in [-0.2, 0) is 14.4 Å². The second-order valence-electron chi connectivity index (χ2n) is 6.60. The first-order valence-electron chi connectivity index (χ1n) is 8.76. The maximum Gasteiger partial charge on any atom is 0.308 e. The van der Waals surface area contributed by atoms with E-state index < -0.39 is 11.9 Å². The van der Waals surface area contributed by atoms with Crippen molar-refractivity contribution >= 4 is 40.8 Å². The molecule has 1 aromatic carbocycles. The molecule has 2 amide bonds. The number of carbonyl (C=O) groups excluding carboxylic acids is 2. The van der Waals surface area contributed by atoms with Crippen molar-refractivity contribution in [3.8, 4) is 0 Å². The molecule has 0 unspecified atom stereocenters. The van der Waals surface area contributed by atoms with E-state index in [2.05, 4.69) is 4.90 Å². The summed E-state index contributed by atoms with van der Waals surface area (Å²) in [5.74, 6) is -1.67. The van der Waals surface area contributed by atoms with Crippen LogP contribution < -0.4 is 9.80 Å². The summed E-state index contributed by atoms with van der Waals surface area (Å²) in [7, 11) is 0. The molecule has 2 saturated heterocycles.